The van der Waals surface area contributed by atoms with Crippen LogP contribution in [0, 0.1) is 6.92 Å². The van der Waals surface area contributed by atoms with Gasteiger partial charge >= 0.3 is 0 Å². The molecule has 1 N–H and O–H groups in total. The van der Waals surface area contributed by atoms with Gasteiger partial charge in [0, 0.05) is 24.5 Å². The number of aryl methyl sites for hydroxylation is 1. The van der Waals surface area contributed by atoms with E-state index in [1.807, 2.05) is 26.2 Å². The lowest BCUT2D eigenvalue weighted by molar-refractivity contribution is 0.00135. The van der Waals surface area contributed by atoms with E-state index >= 15 is 0 Å². The van der Waals surface area contributed by atoms with Gasteiger partial charge in [-0.3, -0.25) is 4.98 Å². The van der Waals surface area contributed by atoms with Crippen LogP contribution in [0.25, 0.3) is 0 Å². The Bertz CT molecular complexity index is 310. The zero-order valence-corrected chi connectivity index (χ0v) is 9.36. The van der Waals surface area contributed by atoms with Gasteiger partial charge in [0.25, 0.3) is 0 Å². The van der Waals surface area contributed by atoms with E-state index in [2.05, 4.69) is 16.4 Å². The topological polar surface area (TPSA) is 34.1 Å². The summed E-state index contributed by atoms with van der Waals surface area (Å²) >= 11 is 0. The molecule has 0 aromatic carbocycles. The Morgan fingerprint density at radius 2 is 2.33 bits per heavy atom. The minimum atomic E-state index is 0.212. The Balaban J connectivity index is 2.06. The van der Waals surface area contributed by atoms with E-state index in [1.54, 1.807) is 0 Å². The summed E-state index contributed by atoms with van der Waals surface area (Å²) in [6.07, 6.45) is 4.29. The minimum absolute atomic E-state index is 0.212. The maximum absolute atomic E-state index is 5.76. The Kier molecular flexibility index (Phi) is 3.34. The Morgan fingerprint density at radius 3 is 3.00 bits per heavy atom. The molecule has 1 saturated heterocycles. The fourth-order valence-corrected chi connectivity index (χ4v) is 1.96. The molecule has 2 unspecified atom stereocenters. The average molecular weight is 206 g/mol. The number of nitrogens with zero attached hydrogens (tertiary/aromatic N) is 1. The molecule has 2 heterocycles. The van der Waals surface area contributed by atoms with Crippen LogP contribution in [-0.4, -0.2) is 24.7 Å². The predicted molar refractivity (Wildman–Crippen MR) is 59.7 cm³/mol. The average Bonchev–Trinajstić information content (AvgIpc) is 2.30. The van der Waals surface area contributed by atoms with Gasteiger partial charge in [0.2, 0.25) is 0 Å². The van der Waals surface area contributed by atoms with Gasteiger partial charge in [-0.05, 0) is 38.4 Å². The third kappa shape index (κ3) is 2.55. The van der Waals surface area contributed by atoms with Crippen molar-refractivity contribution >= 4 is 0 Å². The zero-order chi connectivity index (χ0) is 10.7. The molecule has 0 bridgehead atoms. The first-order valence-corrected chi connectivity index (χ1v) is 5.51. The molecule has 0 radical (unpaired) electrons. The van der Waals surface area contributed by atoms with E-state index in [-0.39, 0.29) is 6.10 Å². The number of nitrogens with one attached hydrogen (secondary N) is 1. The van der Waals surface area contributed by atoms with Crippen LogP contribution < -0.4 is 5.32 Å². The maximum Gasteiger partial charge on any atom is 0.0854 e. The number of pyridine rings is 1. The molecule has 1 aliphatic heterocycles. The first-order valence-electron chi connectivity index (χ1n) is 5.51. The van der Waals surface area contributed by atoms with Crippen molar-refractivity contribution < 1.29 is 4.74 Å². The molecule has 0 spiro atoms. The van der Waals surface area contributed by atoms with Gasteiger partial charge in [0.1, 0.15) is 0 Å². The second kappa shape index (κ2) is 4.73. The quantitative estimate of drug-likeness (QED) is 0.801. The minimum Gasteiger partial charge on any atom is -0.373 e. The lowest BCUT2D eigenvalue weighted by Gasteiger charge is -2.29. The van der Waals surface area contributed by atoms with Crippen molar-refractivity contribution in [3.8, 4) is 0 Å². The standard InChI is InChI=1S/C12H18N2O/c1-9-3-4-10(8-14-9)12-7-11(13-2)5-6-15-12/h3-4,8,11-13H,5-7H2,1-2H3. The second-order valence-electron chi connectivity index (χ2n) is 4.10. The van der Waals surface area contributed by atoms with Crippen LogP contribution >= 0.6 is 0 Å². The van der Waals surface area contributed by atoms with Crippen LogP contribution in [0.3, 0.4) is 0 Å². The van der Waals surface area contributed by atoms with Crippen molar-refractivity contribution in [3.05, 3.63) is 29.6 Å². The highest BCUT2D eigenvalue weighted by molar-refractivity contribution is 5.16. The van der Waals surface area contributed by atoms with Crippen molar-refractivity contribution in [3.63, 3.8) is 0 Å². The highest BCUT2D eigenvalue weighted by atomic mass is 16.5. The molecule has 1 aliphatic rings. The fraction of sp³-hybridized carbons (Fsp3) is 0.583. The zero-order valence-electron chi connectivity index (χ0n) is 9.36. The Hall–Kier alpha value is -0.930. The van der Waals surface area contributed by atoms with E-state index in [0.717, 1.165) is 25.1 Å². The van der Waals surface area contributed by atoms with Crippen LogP contribution in [0.1, 0.15) is 30.2 Å². The van der Waals surface area contributed by atoms with E-state index < -0.39 is 0 Å². The summed E-state index contributed by atoms with van der Waals surface area (Å²) in [5.41, 5.74) is 2.25. The smallest absolute Gasteiger partial charge is 0.0854 e. The van der Waals surface area contributed by atoms with Crippen LogP contribution in [-0.2, 0) is 4.74 Å². The molecule has 1 fully saturated rings. The van der Waals surface area contributed by atoms with Gasteiger partial charge in [-0.1, -0.05) is 6.07 Å². The molecular weight excluding hydrogens is 188 g/mol. The van der Waals surface area contributed by atoms with Crippen LogP contribution in [0.4, 0.5) is 0 Å². The summed E-state index contributed by atoms with van der Waals surface area (Å²) in [5.74, 6) is 0. The van der Waals surface area contributed by atoms with Crippen molar-refractivity contribution in [1.29, 1.82) is 0 Å². The van der Waals surface area contributed by atoms with Crippen molar-refractivity contribution in [2.75, 3.05) is 13.7 Å². The molecule has 1 aromatic rings. The first kappa shape index (κ1) is 10.6. The molecule has 2 atom stereocenters. The van der Waals surface area contributed by atoms with Gasteiger partial charge in [0.05, 0.1) is 6.10 Å². The number of hydrogen-bond donors (Lipinski definition) is 1. The number of rotatable bonds is 2. The number of hydrogen-bond acceptors (Lipinski definition) is 3. The third-order valence-corrected chi connectivity index (χ3v) is 3.00. The number of ether oxygens (including phenoxy) is 1. The van der Waals surface area contributed by atoms with Gasteiger partial charge in [-0.15, -0.1) is 0 Å². The van der Waals surface area contributed by atoms with Crippen molar-refractivity contribution in [1.82, 2.24) is 10.3 Å². The number of aromatic nitrogens is 1. The summed E-state index contributed by atoms with van der Waals surface area (Å²) in [4.78, 5) is 4.30. The molecule has 1 aromatic heterocycles. The normalized spacial score (nSPS) is 26.5. The van der Waals surface area contributed by atoms with Crippen molar-refractivity contribution in [2.45, 2.75) is 31.9 Å². The lowest BCUT2D eigenvalue weighted by Crippen LogP contribution is -2.33. The fourth-order valence-electron chi connectivity index (χ4n) is 1.96. The first-order chi connectivity index (χ1) is 7.29. The van der Waals surface area contributed by atoms with E-state index in [4.69, 9.17) is 4.74 Å². The lowest BCUT2D eigenvalue weighted by atomic mass is 9.99. The molecule has 0 amide bonds. The van der Waals surface area contributed by atoms with Crippen LogP contribution in [0.5, 0.6) is 0 Å². The largest absolute Gasteiger partial charge is 0.373 e. The molecule has 3 heteroatoms. The van der Waals surface area contributed by atoms with Crippen LogP contribution in [0.2, 0.25) is 0 Å². The van der Waals surface area contributed by atoms with Gasteiger partial charge in [-0.25, -0.2) is 0 Å². The van der Waals surface area contributed by atoms with Gasteiger partial charge in [0.15, 0.2) is 0 Å². The molecule has 2 rings (SSSR count). The summed E-state index contributed by atoms with van der Waals surface area (Å²) in [6, 6.07) is 4.73. The maximum atomic E-state index is 5.76. The Labute approximate surface area is 90.9 Å². The Morgan fingerprint density at radius 1 is 1.47 bits per heavy atom. The van der Waals surface area contributed by atoms with Gasteiger partial charge in [-0.2, -0.15) is 0 Å². The highest BCUT2D eigenvalue weighted by Crippen LogP contribution is 2.27. The summed E-state index contributed by atoms with van der Waals surface area (Å²) in [6.45, 7) is 2.84. The third-order valence-electron chi connectivity index (χ3n) is 3.00. The summed E-state index contributed by atoms with van der Waals surface area (Å²) in [7, 11) is 2.01. The molecule has 0 saturated carbocycles. The van der Waals surface area contributed by atoms with E-state index in [1.165, 1.54) is 5.56 Å². The molecular formula is C12H18N2O. The predicted octanol–water partition coefficient (Wildman–Crippen LogP) is 1.83. The van der Waals surface area contributed by atoms with E-state index in [0.29, 0.717) is 6.04 Å². The molecule has 0 aliphatic carbocycles. The van der Waals surface area contributed by atoms with E-state index in [9.17, 15) is 0 Å². The monoisotopic (exact) mass is 206 g/mol. The molecule has 15 heavy (non-hydrogen) atoms. The molecule has 82 valence electrons. The molecule has 3 nitrogen and oxygen atoms in total. The SMILES string of the molecule is CNC1CCOC(c2ccc(C)nc2)C1. The van der Waals surface area contributed by atoms with Crippen LogP contribution in [0.15, 0.2) is 18.3 Å². The van der Waals surface area contributed by atoms with Crippen molar-refractivity contribution in [2.24, 2.45) is 0 Å². The summed E-state index contributed by atoms with van der Waals surface area (Å²) < 4.78 is 5.76. The van der Waals surface area contributed by atoms with Gasteiger partial charge < -0.3 is 10.1 Å². The highest BCUT2D eigenvalue weighted by Gasteiger charge is 2.22. The summed E-state index contributed by atoms with van der Waals surface area (Å²) in [5, 5.41) is 3.31. The second-order valence-corrected chi connectivity index (χ2v) is 4.10.